The van der Waals surface area contributed by atoms with Crippen LogP contribution < -0.4 is 0 Å². The van der Waals surface area contributed by atoms with Gasteiger partial charge in [0.05, 0.1) is 12.0 Å². The number of benzene rings is 1. The lowest BCUT2D eigenvalue weighted by Gasteiger charge is -2.14. The van der Waals surface area contributed by atoms with Crippen LogP contribution in [0.15, 0.2) is 29.4 Å². The van der Waals surface area contributed by atoms with Crippen LogP contribution in [0.5, 0.6) is 0 Å². The minimum atomic E-state index is -0.350. The lowest BCUT2D eigenvalue weighted by atomic mass is 10.0. The van der Waals surface area contributed by atoms with Crippen LogP contribution in [0.2, 0.25) is 0 Å². The van der Waals surface area contributed by atoms with E-state index in [0.29, 0.717) is 12.3 Å². The van der Waals surface area contributed by atoms with E-state index in [1.807, 2.05) is 0 Å². The Balaban J connectivity index is 1.89. The number of carbonyl (C=O) groups excluding carboxylic acids is 1. The molecule has 1 saturated heterocycles. The molecular formula is C14H17N3O3. The Morgan fingerprint density at radius 2 is 2.30 bits per heavy atom. The molecule has 1 aromatic rings. The molecule has 1 aromatic carbocycles. The summed E-state index contributed by atoms with van der Waals surface area (Å²) in [6.45, 7) is 2.86. The third kappa shape index (κ3) is 3.73. The summed E-state index contributed by atoms with van der Waals surface area (Å²) >= 11 is 0. The van der Waals surface area contributed by atoms with Gasteiger partial charge in [0.25, 0.3) is 0 Å². The molecule has 0 N–H and O–H groups in total. The molecular weight excluding hydrogens is 258 g/mol. The van der Waals surface area contributed by atoms with Crippen molar-refractivity contribution >= 4 is 11.7 Å². The van der Waals surface area contributed by atoms with Crippen molar-refractivity contribution in [2.45, 2.75) is 31.8 Å². The monoisotopic (exact) mass is 275 g/mol. The number of rotatable bonds is 5. The first-order valence-corrected chi connectivity index (χ1v) is 6.64. The molecule has 0 amide bonds. The molecule has 2 unspecified atom stereocenters. The summed E-state index contributed by atoms with van der Waals surface area (Å²) in [4.78, 5) is 14.7. The van der Waals surface area contributed by atoms with E-state index < -0.39 is 0 Å². The summed E-state index contributed by atoms with van der Waals surface area (Å²) in [6.07, 6.45) is 2.01. The second-order valence-electron chi connectivity index (χ2n) is 4.77. The molecule has 2 atom stereocenters. The van der Waals surface area contributed by atoms with Gasteiger partial charge in [-0.05, 0) is 30.9 Å². The highest BCUT2D eigenvalue weighted by Crippen LogP contribution is 2.21. The van der Waals surface area contributed by atoms with Gasteiger partial charge in [-0.1, -0.05) is 29.4 Å². The van der Waals surface area contributed by atoms with Crippen molar-refractivity contribution in [3.63, 3.8) is 0 Å². The zero-order chi connectivity index (χ0) is 14.4. The van der Waals surface area contributed by atoms with E-state index in [1.54, 1.807) is 31.2 Å². The first-order valence-electron chi connectivity index (χ1n) is 6.64. The average Bonchev–Trinajstić information content (AvgIpc) is 2.98. The van der Waals surface area contributed by atoms with Crippen LogP contribution in [-0.4, -0.2) is 25.3 Å². The van der Waals surface area contributed by atoms with Crippen molar-refractivity contribution < 1.29 is 14.3 Å². The van der Waals surface area contributed by atoms with Crippen LogP contribution >= 0.6 is 0 Å². The molecule has 0 aromatic heterocycles. The molecule has 1 heterocycles. The molecule has 0 aliphatic carbocycles. The topological polar surface area (TPSA) is 84.3 Å². The zero-order valence-electron chi connectivity index (χ0n) is 11.4. The fourth-order valence-corrected chi connectivity index (χ4v) is 2.09. The highest BCUT2D eigenvalue weighted by Gasteiger charge is 2.21. The maximum atomic E-state index is 12.0. The fourth-order valence-electron chi connectivity index (χ4n) is 2.09. The Morgan fingerprint density at radius 3 is 2.90 bits per heavy atom. The molecule has 0 spiro atoms. The second kappa shape index (κ2) is 6.93. The highest BCUT2D eigenvalue weighted by molar-refractivity contribution is 5.77. The number of nitrogens with zero attached hydrogens (tertiary/aromatic N) is 3. The van der Waals surface area contributed by atoms with E-state index >= 15 is 0 Å². The Labute approximate surface area is 117 Å². The van der Waals surface area contributed by atoms with E-state index in [-0.39, 0.29) is 18.0 Å². The largest absolute Gasteiger partial charge is 0.462 e. The van der Waals surface area contributed by atoms with Crippen molar-refractivity contribution in [3.8, 4) is 0 Å². The number of hydrogen-bond donors (Lipinski definition) is 0. The number of ether oxygens (including phenoxy) is 2. The summed E-state index contributed by atoms with van der Waals surface area (Å²) in [7, 11) is 0. The van der Waals surface area contributed by atoms with E-state index in [1.165, 1.54) is 0 Å². The van der Waals surface area contributed by atoms with Gasteiger partial charge in [-0.2, -0.15) is 0 Å². The molecule has 0 radical (unpaired) electrons. The summed E-state index contributed by atoms with van der Waals surface area (Å²) in [5.74, 6) is -0.617. The number of hydrogen-bond acceptors (Lipinski definition) is 4. The van der Waals surface area contributed by atoms with Crippen LogP contribution in [0.1, 0.15) is 31.2 Å². The van der Waals surface area contributed by atoms with Crippen molar-refractivity contribution in [3.05, 3.63) is 40.3 Å². The van der Waals surface area contributed by atoms with Crippen LogP contribution in [0.3, 0.4) is 0 Å². The van der Waals surface area contributed by atoms with Gasteiger partial charge in [0.2, 0.25) is 0 Å². The average molecular weight is 275 g/mol. The molecule has 2 rings (SSSR count). The molecule has 0 bridgehead atoms. The van der Waals surface area contributed by atoms with Crippen molar-refractivity contribution in [1.82, 2.24) is 0 Å². The smallest absolute Gasteiger partial charge is 0.313 e. The quantitative estimate of drug-likeness (QED) is 0.357. The minimum absolute atomic E-state index is 0.0403. The first-order chi connectivity index (χ1) is 9.70. The molecule has 1 fully saturated rings. The maximum absolute atomic E-state index is 12.0. The maximum Gasteiger partial charge on any atom is 0.313 e. The van der Waals surface area contributed by atoms with Crippen LogP contribution in [0.25, 0.3) is 10.4 Å². The van der Waals surface area contributed by atoms with E-state index in [4.69, 9.17) is 15.0 Å². The van der Waals surface area contributed by atoms with Gasteiger partial charge in [-0.3, -0.25) is 4.79 Å². The molecule has 20 heavy (non-hydrogen) atoms. The summed E-state index contributed by atoms with van der Waals surface area (Å²) in [5.41, 5.74) is 9.69. The summed E-state index contributed by atoms with van der Waals surface area (Å²) in [6, 6.07) is 6.89. The molecule has 106 valence electrons. The van der Waals surface area contributed by atoms with Gasteiger partial charge in [0, 0.05) is 17.2 Å². The predicted octanol–water partition coefficient (Wildman–Crippen LogP) is 3.45. The first kappa shape index (κ1) is 14.4. The minimum Gasteiger partial charge on any atom is -0.462 e. The number of azide groups is 1. The fraction of sp³-hybridized carbons (Fsp3) is 0.500. The van der Waals surface area contributed by atoms with Gasteiger partial charge < -0.3 is 9.47 Å². The second-order valence-corrected chi connectivity index (χ2v) is 4.77. The summed E-state index contributed by atoms with van der Waals surface area (Å²) in [5, 5.41) is 3.49. The number of carbonyl (C=O) groups is 1. The SMILES string of the molecule is CC(C(=O)OCC1CCCO1)c1ccc(N=[N+]=[N-])cc1. The van der Waals surface area contributed by atoms with Crippen LogP contribution in [-0.2, 0) is 14.3 Å². The summed E-state index contributed by atoms with van der Waals surface area (Å²) < 4.78 is 10.7. The predicted molar refractivity (Wildman–Crippen MR) is 73.6 cm³/mol. The standard InChI is InChI=1S/C14H17N3O3/c1-10(11-4-6-12(7-5-11)16-17-15)14(18)20-9-13-3-2-8-19-13/h4-7,10,13H,2-3,8-9H2,1H3. The van der Waals surface area contributed by atoms with Crippen molar-refractivity contribution in [2.24, 2.45) is 5.11 Å². The van der Waals surface area contributed by atoms with Gasteiger partial charge in [0.1, 0.15) is 6.61 Å². The van der Waals surface area contributed by atoms with E-state index in [2.05, 4.69) is 10.0 Å². The molecule has 0 saturated carbocycles. The Bertz CT molecular complexity index is 503. The highest BCUT2D eigenvalue weighted by atomic mass is 16.6. The zero-order valence-corrected chi connectivity index (χ0v) is 11.4. The van der Waals surface area contributed by atoms with Crippen molar-refractivity contribution in [1.29, 1.82) is 0 Å². The van der Waals surface area contributed by atoms with E-state index in [0.717, 1.165) is 25.0 Å². The third-order valence-corrected chi connectivity index (χ3v) is 3.34. The normalized spacial score (nSPS) is 19.1. The van der Waals surface area contributed by atoms with E-state index in [9.17, 15) is 4.79 Å². The van der Waals surface area contributed by atoms with Gasteiger partial charge in [-0.15, -0.1) is 0 Å². The van der Waals surface area contributed by atoms with Crippen molar-refractivity contribution in [2.75, 3.05) is 13.2 Å². The van der Waals surface area contributed by atoms with Gasteiger partial charge in [-0.25, -0.2) is 0 Å². The lowest BCUT2D eigenvalue weighted by molar-refractivity contribution is -0.148. The Morgan fingerprint density at radius 1 is 1.55 bits per heavy atom. The molecule has 6 heteroatoms. The Hall–Kier alpha value is -2.04. The number of esters is 1. The Kier molecular flexibility index (Phi) is 4.98. The molecule has 1 aliphatic heterocycles. The van der Waals surface area contributed by atoms with Crippen LogP contribution in [0, 0.1) is 0 Å². The lowest BCUT2D eigenvalue weighted by Crippen LogP contribution is -2.21. The molecule has 6 nitrogen and oxygen atoms in total. The van der Waals surface area contributed by atoms with Gasteiger partial charge in [0.15, 0.2) is 0 Å². The van der Waals surface area contributed by atoms with Crippen LogP contribution in [0.4, 0.5) is 5.69 Å². The van der Waals surface area contributed by atoms with Gasteiger partial charge >= 0.3 is 5.97 Å². The molecule has 1 aliphatic rings. The third-order valence-electron chi connectivity index (χ3n) is 3.34.